The number of carbonyl (C=O) groups is 1. The van der Waals surface area contributed by atoms with Gasteiger partial charge in [-0.3, -0.25) is 4.79 Å². The van der Waals surface area contributed by atoms with Crippen LogP contribution in [0.15, 0.2) is 24.5 Å². The zero-order valence-electron chi connectivity index (χ0n) is 11.6. The van der Waals surface area contributed by atoms with E-state index in [9.17, 15) is 4.79 Å². The summed E-state index contributed by atoms with van der Waals surface area (Å²) in [6.07, 6.45) is 4.16. The minimum absolute atomic E-state index is 0.0923. The first-order chi connectivity index (χ1) is 9.13. The Labute approximate surface area is 112 Å². The zero-order chi connectivity index (χ0) is 13.8. The van der Waals surface area contributed by atoms with Crippen LogP contribution in [0.4, 0.5) is 0 Å². The molecule has 0 fully saturated rings. The molecule has 5 heteroatoms. The molecule has 0 aliphatic carbocycles. The van der Waals surface area contributed by atoms with Crippen LogP contribution in [-0.4, -0.2) is 48.2 Å². The van der Waals surface area contributed by atoms with E-state index in [0.717, 1.165) is 23.1 Å². The molecule has 102 valence electrons. The Balaban J connectivity index is 2.35. The van der Waals surface area contributed by atoms with Gasteiger partial charge in [0, 0.05) is 45.5 Å². The van der Waals surface area contributed by atoms with E-state index in [0.29, 0.717) is 13.0 Å². The summed E-state index contributed by atoms with van der Waals surface area (Å²) in [4.78, 5) is 17.8. The number of fused-ring (bicyclic) bond motifs is 1. The molecule has 0 bridgehead atoms. The number of likely N-dealkylation sites (N-methyl/N-ethyl adjacent to an activating group) is 1. The number of carbonyl (C=O) groups excluding carboxylic acids is 1. The Bertz CT molecular complexity index is 575. The highest BCUT2D eigenvalue weighted by atomic mass is 16.5. The molecule has 0 atom stereocenters. The predicted octanol–water partition coefficient (Wildman–Crippen LogP) is 1.31. The number of rotatable bonds is 5. The second-order valence-electron chi connectivity index (χ2n) is 4.68. The molecule has 2 heterocycles. The Kier molecular flexibility index (Phi) is 4.16. The minimum atomic E-state index is 0.0923. The number of nitrogens with zero attached hydrogens (tertiary/aromatic N) is 3. The third-order valence-corrected chi connectivity index (χ3v) is 3.09. The van der Waals surface area contributed by atoms with Crippen LogP contribution in [0, 0.1) is 0 Å². The maximum atomic E-state index is 11.9. The monoisotopic (exact) mass is 261 g/mol. The molecule has 0 unspecified atom stereocenters. The first-order valence-electron chi connectivity index (χ1n) is 6.25. The SMILES string of the molecule is COCCn1cc(CC(=O)N(C)C)c2cccnc21. The average molecular weight is 261 g/mol. The van der Waals surface area contributed by atoms with Crippen molar-refractivity contribution in [2.24, 2.45) is 0 Å². The van der Waals surface area contributed by atoms with Gasteiger partial charge in [0.15, 0.2) is 0 Å². The van der Waals surface area contributed by atoms with Crippen LogP contribution >= 0.6 is 0 Å². The minimum Gasteiger partial charge on any atom is -0.383 e. The quantitative estimate of drug-likeness (QED) is 0.815. The van der Waals surface area contributed by atoms with E-state index in [1.807, 2.05) is 22.9 Å². The Hall–Kier alpha value is -1.88. The number of methoxy groups -OCH3 is 1. The average Bonchev–Trinajstić information content (AvgIpc) is 2.75. The number of pyridine rings is 1. The van der Waals surface area contributed by atoms with Gasteiger partial charge in [-0.15, -0.1) is 0 Å². The molecule has 0 N–H and O–H groups in total. The fourth-order valence-corrected chi connectivity index (χ4v) is 2.02. The van der Waals surface area contributed by atoms with Gasteiger partial charge in [0.2, 0.25) is 5.91 Å². The largest absolute Gasteiger partial charge is 0.383 e. The van der Waals surface area contributed by atoms with Gasteiger partial charge in [-0.2, -0.15) is 0 Å². The van der Waals surface area contributed by atoms with Crippen molar-refractivity contribution in [3.05, 3.63) is 30.1 Å². The molecule has 1 amide bonds. The van der Waals surface area contributed by atoms with E-state index in [2.05, 4.69) is 4.98 Å². The van der Waals surface area contributed by atoms with Crippen LogP contribution in [0.1, 0.15) is 5.56 Å². The lowest BCUT2D eigenvalue weighted by Crippen LogP contribution is -2.23. The molecule has 0 saturated carbocycles. The first-order valence-corrected chi connectivity index (χ1v) is 6.25. The summed E-state index contributed by atoms with van der Waals surface area (Å²) < 4.78 is 7.14. The zero-order valence-corrected chi connectivity index (χ0v) is 11.6. The molecule has 0 aliphatic rings. The maximum Gasteiger partial charge on any atom is 0.226 e. The fraction of sp³-hybridized carbons (Fsp3) is 0.429. The van der Waals surface area contributed by atoms with Gasteiger partial charge < -0.3 is 14.2 Å². The van der Waals surface area contributed by atoms with Crippen LogP contribution < -0.4 is 0 Å². The fourth-order valence-electron chi connectivity index (χ4n) is 2.02. The molecule has 19 heavy (non-hydrogen) atoms. The number of ether oxygens (including phenoxy) is 1. The molecular formula is C14H19N3O2. The molecule has 0 saturated heterocycles. The summed E-state index contributed by atoms with van der Waals surface area (Å²) in [5.74, 6) is 0.0923. The third-order valence-electron chi connectivity index (χ3n) is 3.09. The highest BCUT2D eigenvalue weighted by Crippen LogP contribution is 2.20. The topological polar surface area (TPSA) is 47.4 Å². The summed E-state index contributed by atoms with van der Waals surface area (Å²) in [7, 11) is 5.21. The van der Waals surface area contributed by atoms with Crippen molar-refractivity contribution in [3.63, 3.8) is 0 Å². The van der Waals surface area contributed by atoms with Gasteiger partial charge >= 0.3 is 0 Å². The van der Waals surface area contributed by atoms with Gasteiger partial charge in [0.05, 0.1) is 13.0 Å². The molecule has 0 spiro atoms. The first kappa shape index (κ1) is 13.5. The van der Waals surface area contributed by atoms with E-state index in [1.54, 1.807) is 32.3 Å². The summed E-state index contributed by atoms with van der Waals surface area (Å²) in [6.45, 7) is 1.36. The normalized spacial score (nSPS) is 10.9. The lowest BCUT2D eigenvalue weighted by molar-refractivity contribution is -0.127. The van der Waals surface area contributed by atoms with Crippen LogP contribution in [0.2, 0.25) is 0 Å². The molecule has 2 aromatic rings. The number of hydrogen-bond donors (Lipinski definition) is 0. The van der Waals surface area contributed by atoms with Gasteiger partial charge in [-0.25, -0.2) is 4.98 Å². The van der Waals surface area contributed by atoms with E-state index in [-0.39, 0.29) is 5.91 Å². The van der Waals surface area contributed by atoms with E-state index < -0.39 is 0 Å². The summed E-state index contributed by atoms with van der Waals surface area (Å²) in [5, 5.41) is 1.04. The van der Waals surface area contributed by atoms with E-state index >= 15 is 0 Å². The number of amides is 1. The highest BCUT2D eigenvalue weighted by molar-refractivity contribution is 5.87. The Morgan fingerprint density at radius 3 is 2.95 bits per heavy atom. The van der Waals surface area contributed by atoms with Crippen LogP contribution in [0.5, 0.6) is 0 Å². The molecule has 2 rings (SSSR count). The van der Waals surface area contributed by atoms with Crippen molar-refractivity contribution in [2.45, 2.75) is 13.0 Å². The van der Waals surface area contributed by atoms with Crippen molar-refractivity contribution >= 4 is 16.9 Å². The van der Waals surface area contributed by atoms with Crippen molar-refractivity contribution in [3.8, 4) is 0 Å². The number of hydrogen-bond acceptors (Lipinski definition) is 3. The van der Waals surface area contributed by atoms with E-state index in [4.69, 9.17) is 4.74 Å². The predicted molar refractivity (Wildman–Crippen MR) is 74.0 cm³/mol. The molecule has 0 aromatic carbocycles. The van der Waals surface area contributed by atoms with Crippen molar-refractivity contribution < 1.29 is 9.53 Å². The molecule has 0 aliphatic heterocycles. The summed E-state index contributed by atoms with van der Waals surface area (Å²) in [6, 6.07) is 3.90. The van der Waals surface area contributed by atoms with Crippen molar-refractivity contribution in [2.75, 3.05) is 27.8 Å². The lowest BCUT2D eigenvalue weighted by Gasteiger charge is -2.08. The molecular weight excluding hydrogens is 242 g/mol. The van der Waals surface area contributed by atoms with E-state index in [1.165, 1.54) is 0 Å². The molecule has 2 aromatic heterocycles. The van der Waals surface area contributed by atoms with Crippen LogP contribution in [0.25, 0.3) is 11.0 Å². The summed E-state index contributed by atoms with van der Waals surface area (Å²) >= 11 is 0. The van der Waals surface area contributed by atoms with Gasteiger partial charge in [0.25, 0.3) is 0 Å². The second-order valence-corrected chi connectivity index (χ2v) is 4.68. The smallest absolute Gasteiger partial charge is 0.226 e. The van der Waals surface area contributed by atoms with Crippen LogP contribution in [0.3, 0.4) is 0 Å². The standard InChI is InChI=1S/C14H19N3O2/c1-16(2)13(18)9-11-10-17(7-8-19-3)14-12(11)5-4-6-15-14/h4-6,10H,7-9H2,1-3H3. The van der Waals surface area contributed by atoms with Gasteiger partial charge in [0.1, 0.15) is 5.65 Å². The van der Waals surface area contributed by atoms with Gasteiger partial charge in [-0.1, -0.05) is 0 Å². The Morgan fingerprint density at radius 1 is 1.47 bits per heavy atom. The third kappa shape index (κ3) is 2.93. The molecule has 0 radical (unpaired) electrons. The van der Waals surface area contributed by atoms with Gasteiger partial charge in [-0.05, 0) is 17.7 Å². The maximum absolute atomic E-state index is 11.9. The second kappa shape index (κ2) is 5.84. The Morgan fingerprint density at radius 2 is 2.26 bits per heavy atom. The van der Waals surface area contributed by atoms with Crippen molar-refractivity contribution in [1.29, 1.82) is 0 Å². The number of aromatic nitrogens is 2. The summed E-state index contributed by atoms with van der Waals surface area (Å²) in [5.41, 5.74) is 1.92. The van der Waals surface area contributed by atoms with Crippen molar-refractivity contribution in [1.82, 2.24) is 14.5 Å². The molecule has 5 nitrogen and oxygen atoms in total. The highest BCUT2D eigenvalue weighted by Gasteiger charge is 2.13. The lowest BCUT2D eigenvalue weighted by atomic mass is 10.1. The van der Waals surface area contributed by atoms with Crippen LogP contribution in [-0.2, 0) is 22.5 Å².